The quantitative estimate of drug-likeness (QED) is 0.605. The van der Waals surface area contributed by atoms with Crippen LogP contribution in [-0.4, -0.2) is 25.7 Å². The molecule has 2 bridgehead atoms. The molecule has 0 saturated heterocycles. The summed E-state index contributed by atoms with van der Waals surface area (Å²) in [5, 5.41) is 3.72. The van der Waals surface area contributed by atoms with Gasteiger partial charge in [0, 0.05) is 12.5 Å². The number of rotatable bonds is 5. The number of hydrogen-bond donors (Lipinski definition) is 1. The van der Waals surface area contributed by atoms with Gasteiger partial charge in [0.05, 0.1) is 7.11 Å². The summed E-state index contributed by atoms with van der Waals surface area (Å²) in [6, 6.07) is 0.599. The van der Waals surface area contributed by atoms with Crippen molar-refractivity contribution in [2.75, 3.05) is 13.7 Å². The largest absolute Gasteiger partial charge is 0.469 e. The van der Waals surface area contributed by atoms with Crippen LogP contribution in [0.3, 0.4) is 0 Å². The summed E-state index contributed by atoms with van der Waals surface area (Å²) in [6.45, 7) is 8.16. The second-order valence-corrected chi connectivity index (χ2v) is 6.98. The normalized spacial score (nSPS) is 36.9. The Labute approximate surface area is 111 Å². The minimum Gasteiger partial charge on any atom is -0.469 e. The molecule has 18 heavy (non-hydrogen) atoms. The van der Waals surface area contributed by atoms with Crippen molar-refractivity contribution in [3.05, 3.63) is 0 Å². The molecule has 2 fully saturated rings. The van der Waals surface area contributed by atoms with Crippen molar-refractivity contribution in [2.45, 2.75) is 58.9 Å². The van der Waals surface area contributed by atoms with E-state index in [1.807, 2.05) is 0 Å². The molecule has 2 saturated carbocycles. The van der Waals surface area contributed by atoms with Gasteiger partial charge in [-0.3, -0.25) is 4.79 Å². The number of ether oxygens (including phenoxy) is 1. The Morgan fingerprint density at radius 1 is 1.39 bits per heavy atom. The molecule has 2 rings (SSSR count). The summed E-state index contributed by atoms with van der Waals surface area (Å²) in [6.07, 6.45) is 5.52. The molecular formula is C15H27NO2. The van der Waals surface area contributed by atoms with Crippen molar-refractivity contribution in [3.8, 4) is 0 Å². The van der Waals surface area contributed by atoms with E-state index in [2.05, 4.69) is 30.8 Å². The van der Waals surface area contributed by atoms with E-state index in [0.29, 0.717) is 23.3 Å². The Balaban J connectivity index is 1.84. The molecule has 0 heterocycles. The number of carbonyl (C=O) groups excluding carboxylic acids is 1. The number of hydrogen-bond acceptors (Lipinski definition) is 3. The van der Waals surface area contributed by atoms with E-state index in [1.165, 1.54) is 26.4 Å². The highest BCUT2D eigenvalue weighted by atomic mass is 16.5. The molecular weight excluding hydrogens is 226 g/mol. The lowest BCUT2D eigenvalue weighted by molar-refractivity contribution is -0.140. The first-order chi connectivity index (χ1) is 8.40. The Kier molecular flexibility index (Phi) is 3.72. The minimum absolute atomic E-state index is 0.102. The van der Waals surface area contributed by atoms with E-state index in [0.717, 1.165) is 18.9 Å². The molecule has 104 valence electrons. The zero-order valence-corrected chi connectivity index (χ0v) is 12.2. The number of fused-ring (bicyclic) bond motifs is 2. The van der Waals surface area contributed by atoms with E-state index < -0.39 is 0 Å². The van der Waals surface area contributed by atoms with Crippen molar-refractivity contribution in [3.63, 3.8) is 0 Å². The second kappa shape index (κ2) is 4.84. The minimum atomic E-state index is -0.102. The zero-order chi connectivity index (χ0) is 13.4. The van der Waals surface area contributed by atoms with Crippen LogP contribution in [0.2, 0.25) is 0 Å². The van der Waals surface area contributed by atoms with Crippen molar-refractivity contribution >= 4 is 5.97 Å². The van der Waals surface area contributed by atoms with E-state index in [-0.39, 0.29) is 5.97 Å². The predicted molar refractivity (Wildman–Crippen MR) is 72.3 cm³/mol. The molecule has 3 heteroatoms. The monoisotopic (exact) mass is 253 g/mol. The molecule has 3 atom stereocenters. The van der Waals surface area contributed by atoms with Crippen molar-refractivity contribution in [2.24, 2.45) is 16.7 Å². The molecule has 0 amide bonds. The predicted octanol–water partition coefficient (Wildman–Crippen LogP) is 2.74. The molecule has 3 unspecified atom stereocenters. The molecule has 0 radical (unpaired) electrons. The Hall–Kier alpha value is -0.570. The van der Waals surface area contributed by atoms with Crippen LogP contribution in [0.1, 0.15) is 52.9 Å². The number of carbonyl (C=O) groups is 1. The van der Waals surface area contributed by atoms with Crippen LogP contribution in [0.25, 0.3) is 0 Å². The van der Waals surface area contributed by atoms with Crippen LogP contribution in [0.4, 0.5) is 0 Å². The summed E-state index contributed by atoms with van der Waals surface area (Å²) < 4.78 is 4.67. The van der Waals surface area contributed by atoms with Crippen LogP contribution in [0.15, 0.2) is 0 Å². The first kappa shape index (κ1) is 13.9. The van der Waals surface area contributed by atoms with Gasteiger partial charge in [0.25, 0.3) is 0 Å². The van der Waals surface area contributed by atoms with Crippen LogP contribution in [0.5, 0.6) is 0 Å². The number of nitrogens with one attached hydrogen (secondary N) is 1. The van der Waals surface area contributed by atoms with Gasteiger partial charge in [-0.2, -0.15) is 0 Å². The van der Waals surface area contributed by atoms with Gasteiger partial charge < -0.3 is 10.1 Å². The van der Waals surface area contributed by atoms with E-state index in [4.69, 9.17) is 0 Å². The topological polar surface area (TPSA) is 38.3 Å². The van der Waals surface area contributed by atoms with Crippen LogP contribution in [0, 0.1) is 16.7 Å². The third-order valence-corrected chi connectivity index (χ3v) is 5.40. The molecule has 2 aliphatic carbocycles. The first-order valence-corrected chi connectivity index (χ1v) is 7.20. The van der Waals surface area contributed by atoms with Gasteiger partial charge in [0.15, 0.2) is 0 Å². The molecule has 0 aromatic rings. The fourth-order valence-corrected chi connectivity index (χ4v) is 4.39. The smallest absolute Gasteiger partial charge is 0.305 e. The Morgan fingerprint density at radius 3 is 2.67 bits per heavy atom. The van der Waals surface area contributed by atoms with Crippen LogP contribution >= 0.6 is 0 Å². The van der Waals surface area contributed by atoms with Gasteiger partial charge in [-0.1, -0.05) is 20.8 Å². The molecule has 0 aliphatic heterocycles. The third kappa shape index (κ3) is 2.29. The van der Waals surface area contributed by atoms with Gasteiger partial charge in [0.1, 0.15) is 0 Å². The van der Waals surface area contributed by atoms with Gasteiger partial charge in [-0.25, -0.2) is 0 Å². The zero-order valence-electron chi connectivity index (χ0n) is 12.2. The second-order valence-electron chi connectivity index (χ2n) is 6.98. The number of methoxy groups -OCH3 is 1. The average Bonchev–Trinajstić information content (AvgIpc) is 2.78. The fraction of sp³-hybridized carbons (Fsp3) is 0.933. The van der Waals surface area contributed by atoms with Gasteiger partial charge in [-0.15, -0.1) is 0 Å². The molecule has 0 spiro atoms. The Morgan fingerprint density at radius 2 is 2.11 bits per heavy atom. The maximum Gasteiger partial charge on any atom is 0.305 e. The first-order valence-electron chi connectivity index (χ1n) is 7.20. The Bertz CT molecular complexity index is 322. The summed E-state index contributed by atoms with van der Waals surface area (Å²) in [7, 11) is 1.45. The van der Waals surface area contributed by atoms with E-state index in [9.17, 15) is 4.79 Å². The molecule has 0 aromatic heterocycles. The number of esters is 1. The third-order valence-electron chi connectivity index (χ3n) is 5.40. The van der Waals surface area contributed by atoms with Crippen LogP contribution in [-0.2, 0) is 9.53 Å². The molecule has 2 aliphatic rings. The van der Waals surface area contributed by atoms with E-state index >= 15 is 0 Å². The van der Waals surface area contributed by atoms with Crippen molar-refractivity contribution in [1.29, 1.82) is 0 Å². The van der Waals surface area contributed by atoms with Gasteiger partial charge in [-0.05, 0) is 49.0 Å². The average molecular weight is 253 g/mol. The lowest BCUT2D eigenvalue weighted by Crippen LogP contribution is -2.50. The van der Waals surface area contributed by atoms with Gasteiger partial charge in [0.2, 0.25) is 0 Å². The lowest BCUT2D eigenvalue weighted by atomic mass is 9.68. The van der Waals surface area contributed by atoms with E-state index in [1.54, 1.807) is 0 Å². The highest BCUT2D eigenvalue weighted by Gasteiger charge is 2.58. The molecule has 1 N–H and O–H groups in total. The maximum atomic E-state index is 11.1. The van der Waals surface area contributed by atoms with Gasteiger partial charge >= 0.3 is 5.97 Å². The summed E-state index contributed by atoms with van der Waals surface area (Å²) >= 11 is 0. The maximum absolute atomic E-state index is 11.1. The summed E-state index contributed by atoms with van der Waals surface area (Å²) in [5.74, 6) is 0.774. The van der Waals surface area contributed by atoms with Crippen LogP contribution < -0.4 is 5.32 Å². The summed E-state index contributed by atoms with van der Waals surface area (Å²) in [4.78, 5) is 11.1. The molecule has 0 aromatic carbocycles. The van der Waals surface area contributed by atoms with Crippen molar-refractivity contribution in [1.82, 2.24) is 5.32 Å². The fourth-order valence-electron chi connectivity index (χ4n) is 4.39. The standard InChI is InChI=1S/C15H27NO2/c1-14(2)11-7-8-15(3,10-11)13(14)16-9-5-6-12(17)18-4/h11,13,16H,5-10H2,1-4H3. The SMILES string of the molecule is COC(=O)CCCNC1C2(C)CCC(C2)C1(C)C. The lowest BCUT2D eigenvalue weighted by Gasteiger charge is -2.43. The highest BCUT2D eigenvalue weighted by molar-refractivity contribution is 5.69. The van der Waals surface area contributed by atoms with Crippen molar-refractivity contribution < 1.29 is 9.53 Å². The highest BCUT2D eigenvalue weighted by Crippen LogP contribution is 2.62. The molecule has 3 nitrogen and oxygen atoms in total. The summed E-state index contributed by atoms with van der Waals surface area (Å²) in [5.41, 5.74) is 0.873.